The van der Waals surface area contributed by atoms with E-state index in [4.69, 9.17) is 18.0 Å². The highest BCUT2D eigenvalue weighted by atomic mass is 32.2. The molecule has 1 heterocycles. The van der Waals surface area contributed by atoms with E-state index in [1.807, 2.05) is 31.2 Å². The molecule has 1 aromatic rings. The van der Waals surface area contributed by atoms with E-state index in [1.165, 1.54) is 0 Å². The lowest BCUT2D eigenvalue weighted by molar-refractivity contribution is -0.145. The predicted molar refractivity (Wildman–Crippen MR) is 96.0 cm³/mol. The maximum Gasteiger partial charge on any atom is 0.326 e. The van der Waals surface area contributed by atoms with Gasteiger partial charge in [-0.3, -0.25) is 14.5 Å². The summed E-state index contributed by atoms with van der Waals surface area (Å²) in [5, 5.41) is 9.36. The van der Waals surface area contributed by atoms with Crippen LogP contribution in [0, 0.1) is 6.92 Å². The Balaban J connectivity index is 2.26. The fourth-order valence-corrected chi connectivity index (χ4v) is 3.66. The van der Waals surface area contributed by atoms with E-state index in [0.717, 1.165) is 27.8 Å². The average molecular weight is 364 g/mol. The highest BCUT2D eigenvalue weighted by Gasteiger charge is 2.40. The summed E-state index contributed by atoms with van der Waals surface area (Å²) in [6.07, 6.45) is 1.47. The largest absolute Gasteiger partial charge is 0.480 e. The van der Waals surface area contributed by atoms with E-state index in [0.29, 0.717) is 4.91 Å². The van der Waals surface area contributed by atoms with Crippen molar-refractivity contribution in [2.24, 2.45) is 5.73 Å². The Morgan fingerprint density at radius 3 is 2.75 bits per heavy atom. The molecule has 8 heteroatoms. The van der Waals surface area contributed by atoms with Gasteiger partial charge < -0.3 is 10.8 Å². The van der Waals surface area contributed by atoms with Crippen LogP contribution in [0.5, 0.6) is 0 Å². The number of nitrogens with zero attached hydrogens (tertiary/aromatic N) is 1. The first-order valence-electron chi connectivity index (χ1n) is 7.14. The van der Waals surface area contributed by atoms with Crippen molar-refractivity contribution in [1.29, 1.82) is 0 Å². The number of rotatable bonds is 6. The number of primary amides is 1. The summed E-state index contributed by atoms with van der Waals surface area (Å²) < 4.78 is 0.163. The van der Waals surface area contributed by atoms with Crippen molar-refractivity contribution < 1.29 is 19.5 Å². The van der Waals surface area contributed by atoms with Gasteiger partial charge >= 0.3 is 5.97 Å². The topological polar surface area (TPSA) is 101 Å². The third kappa shape index (κ3) is 4.21. The number of carboxylic acids is 1. The molecule has 3 N–H and O–H groups in total. The number of carbonyl (C=O) groups excluding carboxylic acids is 2. The zero-order chi connectivity index (χ0) is 17.9. The van der Waals surface area contributed by atoms with Gasteiger partial charge in [-0.2, -0.15) is 0 Å². The normalized spacial score (nSPS) is 17.4. The van der Waals surface area contributed by atoms with Gasteiger partial charge in [0.1, 0.15) is 10.4 Å². The Labute approximate surface area is 148 Å². The maximum absolute atomic E-state index is 12.6. The van der Waals surface area contributed by atoms with Crippen molar-refractivity contribution >= 4 is 52.2 Å². The molecule has 0 aromatic heterocycles. The van der Waals surface area contributed by atoms with Crippen molar-refractivity contribution in [3.05, 3.63) is 40.3 Å². The highest BCUT2D eigenvalue weighted by molar-refractivity contribution is 8.26. The fourth-order valence-electron chi connectivity index (χ4n) is 2.30. The first kappa shape index (κ1) is 18.2. The van der Waals surface area contributed by atoms with Gasteiger partial charge in [-0.1, -0.05) is 53.8 Å². The van der Waals surface area contributed by atoms with Crippen LogP contribution in [0.4, 0.5) is 0 Å². The first-order valence-corrected chi connectivity index (χ1v) is 8.37. The van der Waals surface area contributed by atoms with Crippen molar-refractivity contribution in [2.45, 2.75) is 25.8 Å². The SMILES string of the molecule is Cc1cccc(/C=C2\SC(=S)N(C(CCC(N)=O)C(=O)O)C2=O)c1. The second-order valence-corrected chi connectivity index (χ2v) is 7.00. The second kappa shape index (κ2) is 7.59. The number of thiocarbonyl (C=S) groups is 1. The lowest BCUT2D eigenvalue weighted by atomic mass is 10.1. The highest BCUT2D eigenvalue weighted by Crippen LogP contribution is 2.35. The van der Waals surface area contributed by atoms with Gasteiger partial charge in [-0.25, -0.2) is 4.79 Å². The van der Waals surface area contributed by atoms with Crippen LogP contribution in [0.15, 0.2) is 29.2 Å². The van der Waals surface area contributed by atoms with E-state index in [2.05, 4.69) is 0 Å². The Bertz CT molecular complexity index is 745. The van der Waals surface area contributed by atoms with Crippen LogP contribution in [0.2, 0.25) is 0 Å². The Kier molecular flexibility index (Phi) is 5.74. The quantitative estimate of drug-likeness (QED) is 0.591. The van der Waals surface area contributed by atoms with Crippen molar-refractivity contribution in [1.82, 2.24) is 4.90 Å². The molecule has 6 nitrogen and oxygen atoms in total. The molecule has 1 unspecified atom stereocenters. The molecule has 0 spiro atoms. The summed E-state index contributed by atoms with van der Waals surface area (Å²) in [5.74, 6) is -2.31. The summed E-state index contributed by atoms with van der Waals surface area (Å²) in [6.45, 7) is 1.94. The Hall–Kier alpha value is -2.19. The molecular formula is C16H16N2O4S2. The Morgan fingerprint density at radius 2 is 2.17 bits per heavy atom. The number of carbonyl (C=O) groups is 3. The Morgan fingerprint density at radius 1 is 1.46 bits per heavy atom. The standard InChI is InChI=1S/C16H16N2O4S2/c1-9-3-2-4-10(7-9)8-12-14(20)18(16(23)24-12)11(15(21)22)5-6-13(17)19/h2-4,7-8,11H,5-6H2,1H3,(H2,17,19)(H,21,22)/b12-8-. The molecule has 1 saturated heterocycles. The minimum absolute atomic E-state index is 0.0746. The maximum atomic E-state index is 12.6. The molecule has 2 rings (SSSR count). The predicted octanol–water partition coefficient (Wildman–Crippen LogP) is 1.91. The average Bonchev–Trinajstić information content (AvgIpc) is 2.74. The molecule has 0 bridgehead atoms. The molecule has 0 saturated carbocycles. The number of hydrogen-bond donors (Lipinski definition) is 2. The molecule has 24 heavy (non-hydrogen) atoms. The van der Waals surface area contributed by atoms with Crippen LogP contribution in [0.25, 0.3) is 6.08 Å². The number of aliphatic carboxylic acids is 1. The fraction of sp³-hybridized carbons (Fsp3) is 0.250. The smallest absolute Gasteiger partial charge is 0.326 e. The van der Waals surface area contributed by atoms with Crippen LogP contribution in [0.3, 0.4) is 0 Å². The summed E-state index contributed by atoms with van der Waals surface area (Å²) in [6, 6.07) is 6.37. The van der Waals surface area contributed by atoms with Gasteiger partial charge in [0.05, 0.1) is 4.91 Å². The van der Waals surface area contributed by atoms with E-state index in [9.17, 15) is 19.5 Å². The molecule has 1 aromatic carbocycles. The summed E-state index contributed by atoms with van der Waals surface area (Å²) >= 11 is 6.21. The van der Waals surface area contributed by atoms with Gasteiger partial charge in [0, 0.05) is 6.42 Å². The number of thioether (sulfide) groups is 1. The lowest BCUT2D eigenvalue weighted by Crippen LogP contribution is -2.44. The third-order valence-corrected chi connectivity index (χ3v) is 4.75. The van der Waals surface area contributed by atoms with Crippen molar-refractivity contribution in [3.63, 3.8) is 0 Å². The third-order valence-electron chi connectivity index (χ3n) is 3.42. The summed E-state index contributed by atoms with van der Waals surface area (Å²) in [4.78, 5) is 36.4. The molecule has 1 atom stereocenters. The number of hydrogen-bond acceptors (Lipinski definition) is 5. The van der Waals surface area contributed by atoms with E-state index in [-0.39, 0.29) is 17.2 Å². The zero-order valence-corrected chi connectivity index (χ0v) is 14.5. The first-order chi connectivity index (χ1) is 11.3. The van der Waals surface area contributed by atoms with E-state index in [1.54, 1.807) is 6.08 Å². The number of amides is 2. The van der Waals surface area contributed by atoms with Gasteiger partial charge in [0.15, 0.2) is 0 Å². The number of carboxylic acid groups (broad SMARTS) is 1. The molecule has 2 amide bonds. The van der Waals surface area contributed by atoms with Crippen LogP contribution >= 0.6 is 24.0 Å². The molecule has 1 fully saturated rings. The summed E-state index contributed by atoms with van der Waals surface area (Å²) in [5.41, 5.74) is 6.95. The molecule has 0 radical (unpaired) electrons. The molecule has 0 aliphatic carbocycles. The molecule has 1 aliphatic heterocycles. The van der Waals surface area contributed by atoms with Gasteiger partial charge in [0.2, 0.25) is 5.91 Å². The van der Waals surface area contributed by atoms with E-state index >= 15 is 0 Å². The number of nitrogens with two attached hydrogens (primary N) is 1. The van der Waals surface area contributed by atoms with Crippen LogP contribution in [0.1, 0.15) is 24.0 Å². The van der Waals surface area contributed by atoms with Crippen molar-refractivity contribution in [3.8, 4) is 0 Å². The molecule has 1 aliphatic rings. The molecular weight excluding hydrogens is 348 g/mol. The lowest BCUT2D eigenvalue weighted by Gasteiger charge is -2.22. The zero-order valence-electron chi connectivity index (χ0n) is 12.9. The number of benzene rings is 1. The van der Waals surface area contributed by atoms with Gasteiger partial charge in [-0.15, -0.1) is 0 Å². The minimum atomic E-state index is -1.22. The second-order valence-electron chi connectivity index (χ2n) is 5.32. The van der Waals surface area contributed by atoms with Crippen LogP contribution in [-0.2, 0) is 14.4 Å². The van der Waals surface area contributed by atoms with Crippen LogP contribution in [-0.4, -0.2) is 38.2 Å². The number of aryl methyl sites for hydroxylation is 1. The minimum Gasteiger partial charge on any atom is -0.480 e. The summed E-state index contributed by atoms with van der Waals surface area (Å²) in [7, 11) is 0. The van der Waals surface area contributed by atoms with Crippen LogP contribution < -0.4 is 5.73 Å². The van der Waals surface area contributed by atoms with Gasteiger partial charge in [0.25, 0.3) is 5.91 Å². The van der Waals surface area contributed by atoms with E-state index < -0.39 is 23.8 Å². The molecule has 126 valence electrons. The monoisotopic (exact) mass is 364 g/mol. The van der Waals surface area contributed by atoms with Gasteiger partial charge in [-0.05, 0) is 25.0 Å². The van der Waals surface area contributed by atoms with Crippen molar-refractivity contribution in [2.75, 3.05) is 0 Å².